The number of halogens is 2. The summed E-state index contributed by atoms with van der Waals surface area (Å²) in [5.41, 5.74) is 10.7. The fraction of sp³-hybridized carbons (Fsp3) is 0.148. The van der Waals surface area contributed by atoms with Crippen molar-refractivity contribution < 1.29 is 9.13 Å². The molecule has 2 aromatic carbocycles. The molecule has 0 amide bonds. The number of rotatable bonds is 4. The highest BCUT2D eigenvalue weighted by molar-refractivity contribution is 9.10. The SMILES string of the molecule is N#Cc1c(N)nc(-c2ccc(N3CCOCC3)nc2)c(-c2ccc(F)cc2)c1-c1cccc(Br)c1. The van der Waals surface area contributed by atoms with Crippen LogP contribution in [0.25, 0.3) is 33.5 Å². The number of nitrogens with two attached hydrogens (primary N) is 1. The highest BCUT2D eigenvalue weighted by atomic mass is 79.9. The Morgan fingerprint density at radius 1 is 0.971 bits per heavy atom. The van der Waals surface area contributed by atoms with Gasteiger partial charge in [-0.15, -0.1) is 0 Å². The van der Waals surface area contributed by atoms with Gasteiger partial charge in [-0.05, 0) is 47.5 Å². The van der Waals surface area contributed by atoms with E-state index in [9.17, 15) is 9.65 Å². The number of nitrogens with zero attached hydrogens (tertiary/aromatic N) is 4. The number of pyridine rings is 2. The molecule has 1 aliphatic rings. The second-order valence-electron chi connectivity index (χ2n) is 8.10. The molecule has 0 spiro atoms. The molecule has 4 aromatic rings. The van der Waals surface area contributed by atoms with Gasteiger partial charge in [0, 0.05) is 40.4 Å². The molecule has 174 valence electrons. The van der Waals surface area contributed by atoms with Gasteiger partial charge in [-0.3, -0.25) is 0 Å². The highest BCUT2D eigenvalue weighted by Crippen LogP contribution is 2.43. The summed E-state index contributed by atoms with van der Waals surface area (Å²) in [4.78, 5) is 11.5. The monoisotopic (exact) mass is 529 g/mol. The Balaban J connectivity index is 1.74. The minimum absolute atomic E-state index is 0.126. The maximum Gasteiger partial charge on any atom is 0.142 e. The van der Waals surface area contributed by atoms with E-state index in [4.69, 9.17) is 10.5 Å². The van der Waals surface area contributed by atoms with E-state index in [2.05, 4.69) is 36.9 Å². The molecule has 1 saturated heterocycles. The Labute approximate surface area is 210 Å². The van der Waals surface area contributed by atoms with Gasteiger partial charge in [0.25, 0.3) is 0 Å². The van der Waals surface area contributed by atoms with Gasteiger partial charge in [0.1, 0.15) is 29.1 Å². The van der Waals surface area contributed by atoms with E-state index in [0.717, 1.165) is 40.1 Å². The van der Waals surface area contributed by atoms with E-state index < -0.39 is 0 Å². The molecule has 5 rings (SSSR count). The molecule has 0 radical (unpaired) electrons. The molecule has 6 nitrogen and oxygen atoms in total. The predicted molar refractivity (Wildman–Crippen MR) is 138 cm³/mol. The third kappa shape index (κ3) is 4.61. The summed E-state index contributed by atoms with van der Waals surface area (Å²) in [7, 11) is 0. The number of ether oxygens (including phenoxy) is 1. The van der Waals surface area contributed by atoms with Crippen molar-refractivity contribution in [3.05, 3.63) is 82.7 Å². The molecule has 0 bridgehead atoms. The van der Waals surface area contributed by atoms with Crippen molar-refractivity contribution >= 4 is 27.6 Å². The molecule has 0 unspecified atom stereocenters. The van der Waals surface area contributed by atoms with Crippen LogP contribution in [0.15, 0.2) is 71.3 Å². The maximum atomic E-state index is 13.8. The average molecular weight is 530 g/mol. The van der Waals surface area contributed by atoms with Gasteiger partial charge in [0.15, 0.2) is 0 Å². The van der Waals surface area contributed by atoms with Gasteiger partial charge in [0.2, 0.25) is 0 Å². The van der Waals surface area contributed by atoms with E-state index in [1.165, 1.54) is 12.1 Å². The highest BCUT2D eigenvalue weighted by Gasteiger charge is 2.23. The van der Waals surface area contributed by atoms with E-state index in [1.807, 2.05) is 36.4 Å². The van der Waals surface area contributed by atoms with Crippen molar-refractivity contribution in [1.29, 1.82) is 5.26 Å². The van der Waals surface area contributed by atoms with E-state index >= 15 is 0 Å². The minimum atomic E-state index is -0.347. The number of anilines is 2. The standard InChI is InChI=1S/C27H21BrFN5O/c28-20-3-1-2-18(14-20)24-22(15-30)27(31)33-26(25(24)17-4-7-21(29)8-5-17)19-6-9-23(32-16-19)34-10-12-35-13-11-34/h1-9,14,16H,10-13H2,(H2,31,33). The fourth-order valence-corrected chi connectivity index (χ4v) is 4.66. The first-order valence-corrected chi connectivity index (χ1v) is 11.9. The topological polar surface area (TPSA) is 88.1 Å². The summed E-state index contributed by atoms with van der Waals surface area (Å²) in [6, 6.07) is 19.9. The van der Waals surface area contributed by atoms with Crippen LogP contribution in [-0.4, -0.2) is 36.3 Å². The molecule has 8 heteroatoms. The van der Waals surface area contributed by atoms with Crippen molar-refractivity contribution in [2.45, 2.75) is 0 Å². The van der Waals surface area contributed by atoms with Crippen LogP contribution in [0.5, 0.6) is 0 Å². The smallest absolute Gasteiger partial charge is 0.142 e. The molecule has 1 fully saturated rings. The van der Waals surface area contributed by atoms with Crippen LogP contribution in [0.3, 0.4) is 0 Å². The molecule has 35 heavy (non-hydrogen) atoms. The molecule has 1 aliphatic heterocycles. The predicted octanol–water partition coefficient (Wildman–Crippen LogP) is 5.67. The van der Waals surface area contributed by atoms with Crippen LogP contribution in [-0.2, 0) is 4.74 Å². The number of nitriles is 1. The first-order valence-electron chi connectivity index (χ1n) is 11.1. The van der Waals surface area contributed by atoms with Crippen LogP contribution in [0, 0.1) is 17.1 Å². The first kappa shape index (κ1) is 23.0. The zero-order valence-corrected chi connectivity index (χ0v) is 20.3. The van der Waals surface area contributed by atoms with Gasteiger partial charge < -0.3 is 15.4 Å². The number of aromatic nitrogens is 2. The summed E-state index contributed by atoms with van der Waals surface area (Å²) >= 11 is 3.52. The zero-order chi connectivity index (χ0) is 24.4. The summed E-state index contributed by atoms with van der Waals surface area (Å²) < 4.78 is 20.1. The number of morpholine rings is 1. The molecule has 2 N–H and O–H groups in total. The molecule has 3 heterocycles. The van der Waals surface area contributed by atoms with Crippen LogP contribution in [0.2, 0.25) is 0 Å². The minimum Gasteiger partial charge on any atom is -0.383 e. The number of nitrogen functional groups attached to an aromatic ring is 1. The van der Waals surface area contributed by atoms with Gasteiger partial charge in [-0.1, -0.05) is 40.2 Å². The number of benzene rings is 2. The van der Waals surface area contributed by atoms with Crippen molar-refractivity contribution in [3.8, 4) is 39.6 Å². The van der Waals surface area contributed by atoms with Crippen LogP contribution >= 0.6 is 15.9 Å². The summed E-state index contributed by atoms with van der Waals surface area (Å²) in [6.45, 7) is 2.90. The summed E-state index contributed by atoms with van der Waals surface area (Å²) in [5.74, 6) is 0.634. The van der Waals surface area contributed by atoms with Crippen LogP contribution in [0.4, 0.5) is 16.0 Å². The average Bonchev–Trinajstić information content (AvgIpc) is 2.89. The Hall–Kier alpha value is -3.80. The summed E-state index contributed by atoms with van der Waals surface area (Å²) in [5, 5.41) is 10.0. The van der Waals surface area contributed by atoms with Gasteiger partial charge >= 0.3 is 0 Å². The Morgan fingerprint density at radius 2 is 1.71 bits per heavy atom. The quantitative estimate of drug-likeness (QED) is 0.366. The fourth-order valence-electron chi connectivity index (χ4n) is 4.26. The van der Waals surface area contributed by atoms with Gasteiger partial charge in [0.05, 0.1) is 18.9 Å². The molecular formula is C27H21BrFN5O. The van der Waals surface area contributed by atoms with Crippen molar-refractivity contribution in [2.75, 3.05) is 36.9 Å². The molecule has 0 atom stereocenters. The molecule has 0 saturated carbocycles. The lowest BCUT2D eigenvalue weighted by Crippen LogP contribution is -2.36. The lowest BCUT2D eigenvalue weighted by Gasteiger charge is -2.27. The zero-order valence-electron chi connectivity index (χ0n) is 18.7. The Kier molecular flexibility index (Phi) is 6.45. The van der Waals surface area contributed by atoms with Gasteiger partial charge in [-0.2, -0.15) is 5.26 Å². The Morgan fingerprint density at radius 3 is 2.37 bits per heavy atom. The normalized spacial score (nSPS) is 13.5. The number of hydrogen-bond donors (Lipinski definition) is 1. The largest absolute Gasteiger partial charge is 0.383 e. The second-order valence-corrected chi connectivity index (χ2v) is 9.02. The van der Waals surface area contributed by atoms with Crippen molar-refractivity contribution in [3.63, 3.8) is 0 Å². The molecule has 0 aliphatic carbocycles. The van der Waals surface area contributed by atoms with Crippen LogP contribution in [0.1, 0.15) is 5.56 Å². The van der Waals surface area contributed by atoms with E-state index in [0.29, 0.717) is 30.0 Å². The first-order chi connectivity index (χ1) is 17.0. The number of hydrogen-bond acceptors (Lipinski definition) is 6. The van der Waals surface area contributed by atoms with Gasteiger partial charge in [-0.25, -0.2) is 14.4 Å². The third-order valence-electron chi connectivity index (χ3n) is 5.94. The second kappa shape index (κ2) is 9.82. The van der Waals surface area contributed by atoms with E-state index in [1.54, 1.807) is 18.3 Å². The lowest BCUT2D eigenvalue weighted by molar-refractivity contribution is 0.122. The van der Waals surface area contributed by atoms with E-state index in [-0.39, 0.29) is 17.2 Å². The summed E-state index contributed by atoms with van der Waals surface area (Å²) in [6.07, 6.45) is 1.76. The third-order valence-corrected chi connectivity index (χ3v) is 6.43. The van der Waals surface area contributed by atoms with Crippen LogP contribution < -0.4 is 10.6 Å². The Bertz CT molecular complexity index is 1410. The maximum absolute atomic E-state index is 13.8. The van der Waals surface area contributed by atoms with Crippen molar-refractivity contribution in [2.24, 2.45) is 0 Å². The van der Waals surface area contributed by atoms with Crippen molar-refractivity contribution in [1.82, 2.24) is 9.97 Å². The lowest BCUT2D eigenvalue weighted by atomic mass is 9.88. The molecular weight excluding hydrogens is 509 g/mol. The molecule has 2 aromatic heterocycles.